The van der Waals surface area contributed by atoms with Gasteiger partial charge in [-0.3, -0.25) is 0 Å². The zero-order valence-electron chi connectivity index (χ0n) is 18.6. The van der Waals surface area contributed by atoms with Gasteiger partial charge in [-0.2, -0.15) is 13.2 Å². The van der Waals surface area contributed by atoms with Crippen molar-refractivity contribution in [2.45, 2.75) is 51.2 Å². The highest BCUT2D eigenvalue weighted by Crippen LogP contribution is 2.38. The molecule has 3 heterocycles. The van der Waals surface area contributed by atoms with Gasteiger partial charge in [0, 0.05) is 31.9 Å². The van der Waals surface area contributed by atoms with Gasteiger partial charge < -0.3 is 15.1 Å². The summed E-state index contributed by atoms with van der Waals surface area (Å²) in [5.41, 5.74) is 1.83. The molecule has 0 aliphatic carbocycles. The predicted octanol–water partition coefficient (Wildman–Crippen LogP) is 5.93. The van der Waals surface area contributed by atoms with Crippen LogP contribution in [0.25, 0.3) is 0 Å². The van der Waals surface area contributed by atoms with E-state index in [-0.39, 0.29) is 11.1 Å². The van der Waals surface area contributed by atoms with Gasteiger partial charge in [0.25, 0.3) is 0 Å². The van der Waals surface area contributed by atoms with E-state index in [2.05, 4.69) is 17.4 Å². The number of fused-ring (bicyclic) bond motifs is 1. The zero-order valence-corrected chi connectivity index (χ0v) is 19.3. The number of urea groups is 1. The molecule has 0 spiro atoms. The second kappa shape index (κ2) is 9.79. The third-order valence-electron chi connectivity index (χ3n) is 6.38. The molecule has 1 aromatic carbocycles. The molecule has 2 aliphatic rings. The van der Waals surface area contributed by atoms with E-state index in [4.69, 9.17) is 16.6 Å². The van der Waals surface area contributed by atoms with Gasteiger partial charge in [0.05, 0.1) is 16.6 Å². The number of nitrogens with zero attached hydrogens (tertiary/aromatic N) is 3. The Balaban J connectivity index is 1.38. The number of aromatic nitrogens is 1. The van der Waals surface area contributed by atoms with E-state index in [1.54, 1.807) is 15.9 Å². The number of halogens is 4. The number of benzene rings is 1. The van der Waals surface area contributed by atoms with Crippen LogP contribution in [-0.4, -0.2) is 47.0 Å². The number of rotatable bonds is 7. The number of alkyl halides is 3. The van der Waals surface area contributed by atoms with Crippen LogP contribution in [0.2, 0.25) is 5.02 Å². The first-order valence-electron chi connectivity index (χ1n) is 11.4. The van der Waals surface area contributed by atoms with E-state index >= 15 is 0 Å². The Kier molecular flexibility index (Phi) is 7.02. The molecule has 1 saturated heterocycles. The Morgan fingerprint density at radius 2 is 2.03 bits per heavy atom. The monoisotopic (exact) mass is 480 g/mol. The molecule has 2 aliphatic heterocycles. The number of hydrogen-bond donors (Lipinski definition) is 1. The summed E-state index contributed by atoms with van der Waals surface area (Å²) in [5.74, 6) is 0.967. The molecule has 0 radical (unpaired) electrons. The summed E-state index contributed by atoms with van der Waals surface area (Å²) in [6.45, 7) is 4.46. The van der Waals surface area contributed by atoms with Crippen LogP contribution in [0.3, 0.4) is 0 Å². The van der Waals surface area contributed by atoms with E-state index in [0.29, 0.717) is 31.6 Å². The lowest BCUT2D eigenvalue weighted by Gasteiger charge is -2.28. The predicted molar refractivity (Wildman–Crippen MR) is 123 cm³/mol. The maximum atomic E-state index is 13.3. The van der Waals surface area contributed by atoms with Gasteiger partial charge >= 0.3 is 12.2 Å². The highest BCUT2D eigenvalue weighted by molar-refractivity contribution is 6.31. The molecule has 1 unspecified atom stereocenters. The third-order valence-corrected chi connectivity index (χ3v) is 6.71. The van der Waals surface area contributed by atoms with E-state index in [1.165, 1.54) is 11.6 Å². The van der Waals surface area contributed by atoms with Gasteiger partial charge in [0.1, 0.15) is 5.82 Å². The molecular formula is C24H28ClF3N4O. The van der Waals surface area contributed by atoms with Crippen LogP contribution in [0.15, 0.2) is 30.3 Å². The molecule has 9 heteroatoms. The molecule has 1 aromatic heterocycles. The average molecular weight is 481 g/mol. The molecule has 0 bridgehead atoms. The highest BCUT2D eigenvalue weighted by atomic mass is 35.5. The highest BCUT2D eigenvalue weighted by Gasteiger charge is 2.37. The first-order chi connectivity index (χ1) is 15.8. The third kappa shape index (κ3) is 5.21. The van der Waals surface area contributed by atoms with Crippen molar-refractivity contribution in [2.75, 3.05) is 31.5 Å². The summed E-state index contributed by atoms with van der Waals surface area (Å²) < 4.78 is 39.9. The largest absolute Gasteiger partial charge is 0.417 e. The summed E-state index contributed by atoms with van der Waals surface area (Å²) in [6.07, 6.45) is -0.307. The number of pyridine rings is 1. The van der Waals surface area contributed by atoms with Crippen molar-refractivity contribution in [3.8, 4) is 0 Å². The SMILES string of the molecule is CCC(c1ccc(Cl)c(C(F)(F)F)c1)N1CCN(CCCc2ccc3c(n2)NCCC3)C1=O. The van der Waals surface area contributed by atoms with E-state index in [0.717, 1.165) is 49.8 Å². The van der Waals surface area contributed by atoms with Crippen LogP contribution >= 0.6 is 11.6 Å². The Bertz CT molecular complexity index is 1010. The molecule has 0 saturated carbocycles. The van der Waals surface area contributed by atoms with Crippen LogP contribution in [0, 0.1) is 0 Å². The smallest absolute Gasteiger partial charge is 0.370 e. The number of carbonyl (C=O) groups is 1. The molecule has 1 atom stereocenters. The number of carbonyl (C=O) groups excluding carboxylic acids is 1. The zero-order chi connectivity index (χ0) is 23.6. The minimum absolute atomic E-state index is 0.134. The van der Waals surface area contributed by atoms with Crippen molar-refractivity contribution in [1.82, 2.24) is 14.8 Å². The summed E-state index contributed by atoms with van der Waals surface area (Å²) in [5, 5.41) is 3.01. The lowest BCUT2D eigenvalue weighted by atomic mass is 10.0. The Morgan fingerprint density at radius 3 is 2.79 bits per heavy atom. The Hall–Kier alpha value is -2.48. The molecule has 33 heavy (non-hydrogen) atoms. The Labute approximate surface area is 196 Å². The normalized spacial score (nSPS) is 17.2. The lowest BCUT2D eigenvalue weighted by Crippen LogP contribution is -2.35. The van der Waals surface area contributed by atoms with Crippen LogP contribution in [0.5, 0.6) is 0 Å². The van der Waals surface area contributed by atoms with Crippen molar-refractivity contribution in [3.63, 3.8) is 0 Å². The van der Waals surface area contributed by atoms with Crippen LogP contribution in [0.1, 0.15) is 54.6 Å². The number of nitrogens with one attached hydrogen (secondary N) is 1. The molecule has 5 nitrogen and oxygen atoms in total. The van der Waals surface area contributed by atoms with Gasteiger partial charge in [0.2, 0.25) is 0 Å². The fraction of sp³-hybridized carbons (Fsp3) is 0.500. The van der Waals surface area contributed by atoms with Gasteiger partial charge in [-0.25, -0.2) is 9.78 Å². The second-order valence-corrected chi connectivity index (χ2v) is 8.98. The minimum atomic E-state index is -4.54. The molecule has 2 amide bonds. The van der Waals surface area contributed by atoms with Gasteiger partial charge in [-0.05, 0) is 61.4 Å². The van der Waals surface area contributed by atoms with E-state index < -0.39 is 17.8 Å². The number of anilines is 1. The van der Waals surface area contributed by atoms with Crippen LogP contribution in [0.4, 0.5) is 23.8 Å². The quantitative estimate of drug-likeness (QED) is 0.534. The van der Waals surface area contributed by atoms with Crippen molar-refractivity contribution in [3.05, 3.63) is 57.7 Å². The van der Waals surface area contributed by atoms with Crippen molar-refractivity contribution in [2.24, 2.45) is 0 Å². The van der Waals surface area contributed by atoms with Gasteiger partial charge in [-0.15, -0.1) is 0 Å². The van der Waals surface area contributed by atoms with Crippen LogP contribution < -0.4 is 5.32 Å². The Morgan fingerprint density at radius 1 is 1.21 bits per heavy atom. The van der Waals surface area contributed by atoms with Crippen LogP contribution in [-0.2, 0) is 19.0 Å². The summed E-state index contributed by atoms with van der Waals surface area (Å²) >= 11 is 5.77. The van der Waals surface area contributed by atoms with Gasteiger partial charge in [-0.1, -0.05) is 30.7 Å². The number of aryl methyl sites for hydroxylation is 2. The van der Waals surface area contributed by atoms with Crippen molar-refractivity contribution >= 4 is 23.4 Å². The second-order valence-electron chi connectivity index (χ2n) is 8.57. The van der Waals surface area contributed by atoms with E-state index in [9.17, 15) is 18.0 Å². The molecular weight excluding hydrogens is 453 g/mol. The standard InChI is InChI=1S/C24H28ClF3N4O/c1-2-21(17-8-10-20(25)19(15-17)24(26,27)28)32-14-13-31(23(32)33)12-4-6-18-9-7-16-5-3-11-29-22(16)30-18/h7-10,15,21H,2-6,11-14H2,1H3,(H,29,30). The molecule has 1 N–H and O–H groups in total. The van der Waals surface area contributed by atoms with E-state index in [1.807, 2.05) is 6.92 Å². The van der Waals surface area contributed by atoms with Crippen molar-refractivity contribution in [1.29, 1.82) is 0 Å². The van der Waals surface area contributed by atoms with Gasteiger partial charge in [0.15, 0.2) is 0 Å². The first kappa shape index (κ1) is 23.7. The number of amides is 2. The minimum Gasteiger partial charge on any atom is -0.370 e. The lowest BCUT2D eigenvalue weighted by molar-refractivity contribution is -0.137. The molecule has 2 aromatic rings. The topological polar surface area (TPSA) is 48.5 Å². The first-order valence-corrected chi connectivity index (χ1v) is 11.8. The molecule has 178 valence electrons. The fourth-order valence-electron chi connectivity index (χ4n) is 4.66. The molecule has 4 rings (SSSR count). The maximum Gasteiger partial charge on any atom is 0.417 e. The maximum absolute atomic E-state index is 13.3. The fourth-order valence-corrected chi connectivity index (χ4v) is 4.89. The summed E-state index contributed by atoms with van der Waals surface area (Å²) in [7, 11) is 0. The average Bonchev–Trinajstić information content (AvgIpc) is 3.14. The van der Waals surface area contributed by atoms with Crippen molar-refractivity contribution < 1.29 is 18.0 Å². The summed E-state index contributed by atoms with van der Waals surface area (Å²) in [4.78, 5) is 21.2. The summed E-state index contributed by atoms with van der Waals surface area (Å²) in [6, 6.07) is 7.54. The number of hydrogen-bond acceptors (Lipinski definition) is 3. The molecule has 1 fully saturated rings.